The molecule has 0 saturated heterocycles. The SMILES string of the molecule is CC(C)n1ncc(Br)c1C(O)c1ccc(Cl)o1. The Morgan fingerprint density at radius 2 is 2.18 bits per heavy atom. The van der Waals surface area contributed by atoms with E-state index in [1.54, 1.807) is 23.0 Å². The molecule has 0 radical (unpaired) electrons. The summed E-state index contributed by atoms with van der Waals surface area (Å²) >= 11 is 9.07. The fourth-order valence-corrected chi connectivity index (χ4v) is 2.27. The van der Waals surface area contributed by atoms with Crippen molar-refractivity contribution in [2.75, 3.05) is 0 Å². The first-order chi connectivity index (χ1) is 8.00. The van der Waals surface area contributed by atoms with Crippen LogP contribution in [0.25, 0.3) is 0 Å². The second kappa shape index (κ2) is 4.84. The van der Waals surface area contributed by atoms with E-state index in [9.17, 15) is 5.11 Å². The van der Waals surface area contributed by atoms with Crippen LogP contribution in [0, 0.1) is 0 Å². The lowest BCUT2D eigenvalue weighted by Gasteiger charge is -2.14. The Morgan fingerprint density at radius 3 is 2.71 bits per heavy atom. The molecule has 92 valence electrons. The van der Waals surface area contributed by atoms with E-state index in [1.807, 2.05) is 13.8 Å². The highest BCUT2D eigenvalue weighted by Gasteiger charge is 2.23. The van der Waals surface area contributed by atoms with Gasteiger partial charge in [0.2, 0.25) is 0 Å². The molecule has 2 heterocycles. The van der Waals surface area contributed by atoms with Gasteiger partial charge >= 0.3 is 0 Å². The lowest BCUT2D eigenvalue weighted by atomic mass is 10.2. The van der Waals surface area contributed by atoms with Gasteiger partial charge in [0, 0.05) is 6.04 Å². The van der Waals surface area contributed by atoms with E-state index in [4.69, 9.17) is 16.0 Å². The lowest BCUT2D eigenvalue weighted by Crippen LogP contribution is -2.12. The number of furan rings is 1. The molecule has 6 heteroatoms. The maximum atomic E-state index is 10.3. The van der Waals surface area contributed by atoms with E-state index in [2.05, 4.69) is 21.0 Å². The zero-order chi connectivity index (χ0) is 12.6. The third-order valence-corrected chi connectivity index (χ3v) is 3.21. The van der Waals surface area contributed by atoms with E-state index in [0.29, 0.717) is 11.5 Å². The quantitative estimate of drug-likeness (QED) is 0.941. The number of hydrogen-bond donors (Lipinski definition) is 1. The van der Waals surface area contributed by atoms with Crippen LogP contribution in [0.3, 0.4) is 0 Å². The highest BCUT2D eigenvalue weighted by Crippen LogP contribution is 2.31. The molecule has 4 nitrogen and oxygen atoms in total. The Bertz CT molecular complexity index is 521. The smallest absolute Gasteiger partial charge is 0.193 e. The van der Waals surface area contributed by atoms with Crippen molar-refractivity contribution in [1.82, 2.24) is 9.78 Å². The lowest BCUT2D eigenvalue weighted by molar-refractivity contribution is 0.175. The molecule has 2 rings (SSSR count). The predicted molar refractivity (Wildman–Crippen MR) is 68.1 cm³/mol. The van der Waals surface area contributed by atoms with Gasteiger partial charge in [-0.25, -0.2) is 0 Å². The summed E-state index contributed by atoms with van der Waals surface area (Å²) in [5.41, 5.74) is 0.658. The Kier molecular flexibility index (Phi) is 3.61. The van der Waals surface area contributed by atoms with Gasteiger partial charge in [-0.2, -0.15) is 5.10 Å². The number of aliphatic hydroxyl groups excluding tert-OH is 1. The highest BCUT2D eigenvalue weighted by atomic mass is 79.9. The monoisotopic (exact) mass is 318 g/mol. The minimum atomic E-state index is -0.887. The van der Waals surface area contributed by atoms with E-state index >= 15 is 0 Å². The standard InChI is InChI=1S/C11H12BrClN2O2/c1-6(2)15-10(7(12)5-14-15)11(16)8-3-4-9(13)17-8/h3-6,11,16H,1-2H3. The predicted octanol–water partition coefficient (Wildman–Crippen LogP) is 3.55. The second-order valence-corrected chi connectivity index (χ2v) is 5.19. The van der Waals surface area contributed by atoms with E-state index in [1.165, 1.54) is 0 Å². The summed E-state index contributed by atoms with van der Waals surface area (Å²) in [5.74, 6) is 0.401. The van der Waals surface area contributed by atoms with Crippen molar-refractivity contribution < 1.29 is 9.52 Å². The van der Waals surface area contributed by atoms with Gasteiger partial charge in [-0.15, -0.1) is 0 Å². The summed E-state index contributed by atoms with van der Waals surface area (Å²) < 4.78 is 7.70. The molecule has 1 atom stereocenters. The molecule has 0 saturated carbocycles. The molecular formula is C11H12BrClN2O2. The topological polar surface area (TPSA) is 51.2 Å². The molecule has 0 spiro atoms. The molecule has 1 N–H and O–H groups in total. The average molecular weight is 320 g/mol. The minimum Gasteiger partial charge on any atom is -0.447 e. The maximum absolute atomic E-state index is 10.3. The first-order valence-electron chi connectivity index (χ1n) is 5.17. The van der Waals surface area contributed by atoms with Gasteiger partial charge in [0.05, 0.1) is 16.4 Å². The summed E-state index contributed by atoms with van der Waals surface area (Å²) in [5, 5.41) is 14.7. The molecule has 0 bridgehead atoms. The first kappa shape index (κ1) is 12.7. The van der Waals surface area contributed by atoms with Crippen LogP contribution in [0.5, 0.6) is 0 Å². The zero-order valence-electron chi connectivity index (χ0n) is 9.39. The highest BCUT2D eigenvalue weighted by molar-refractivity contribution is 9.10. The normalized spacial score (nSPS) is 13.3. The van der Waals surface area contributed by atoms with Crippen molar-refractivity contribution in [3.8, 4) is 0 Å². The van der Waals surface area contributed by atoms with E-state index in [-0.39, 0.29) is 11.3 Å². The molecule has 0 aliphatic rings. The Labute approximate surface area is 112 Å². The van der Waals surface area contributed by atoms with Gasteiger partial charge in [0.15, 0.2) is 11.3 Å². The molecule has 2 aromatic heterocycles. The molecule has 2 aromatic rings. The average Bonchev–Trinajstić information content (AvgIpc) is 2.83. The largest absolute Gasteiger partial charge is 0.447 e. The number of rotatable bonds is 3. The molecule has 1 unspecified atom stereocenters. The molecule has 0 aromatic carbocycles. The van der Waals surface area contributed by atoms with Gasteiger partial charge in [-0.1, -0.05) is 0 Å². The van der Waals surface area contributed by atoms with Crippen molar-refractivity contribution in [2.24, 2.45) is 0 Å². The molecule has 17 heavy (non-hydrogen) atoms. The maximum Gasteiger partial charge on any atom is 0.193 e. The molecule has 0 aliphatic heterocycles. The van der Waals surface area contributed by atoms with Crippen LogP contribution in [0.15, 0.2) is 27.2 Å². The van der Waals surface area contributed by atoms with Crippen LogP contribution in [0.4, 0.5) is 0 Å². The van der Waals surface area contributed by atoms with Crippen molar-refractivity contribution >= 4 is 27.5 Å². The minimum absolute atomic E-state index is 0.149. The van der Waals surface area contributed by atoms with E-state index in [0.717, 1.165) is 4.47 Å². The van der Waals surface area contributed by atoms with E-state index < -0.39 is 6.10 Å². The third-order valence-electron chi connectivity index (χ3n) is 2.40. The van der Waals surface area contributed by atoms with Crippen molar-refractivity contribution in [3.63, 3.8) is 0 Å². The van der Waals surface area contributed by atoms with Crippen LogP contribution in [-0.2, 0) is 0 Å². The summed E-state index contributed by atoms with van der Waals surface area (Å²) in [6, 6.07) is 3.40. The van der Waals surface area contributed by atoms with Crippen LogP contribution < -0.4 is 0 Å². The third kappa shape index (κ3) is 2.41. The van der Waals surface area contributed by atoms with Crippen molar-refractivity contribution in [2.45, 2.75) is 26.0 Å². The van der Waals surface area contributed by atoms with Gasteiger partial charge in [0.25, 0.3) is 0 Å². The summed E-state index contributed by atoms with van der Waals surface area (Å²) in [6.45, 7) is 3.98. The Morgan fingerprint density at radius 1 is 1.47 bits per heavy atom. The Hall–Kier alpha value is -0.780. The van der Waals surface area contributed by atoms with Crippen LogP contribution in [0.2, 0.25) is 5.22 Å². The number of nitrogens with zero attached hydrogens (tertiary/aromatic N) is 2. The molecule has 0 amide bonds. The van der Waals surface area contributed by atoms with Crippen LogP contribution in [0.1, 0.15) is 37.4 Å². The van der Waals surface area contributed by atoms with Gasteiger partial charge in [-0.05, 0) is 53.5 Å². The fraction of sp³-hybridized carbons (Fsp3) is 0.364. The zero-order valence-corrected chi connectivity index (χ0v) is 11.7. The summed E-state index contributed by atoms with van der Waals surface area (Å²) in [7, 11) is 0. The summed E-state index contributed by atoms with van der Waals surface area (Å²) in [4.78, 5) is 0. The number of halogens is 2. The molecule has 0 aliphatic carbocycles. The number of hydrogen-bond acceptors (Lipinski definition) is 3. The number of aromatic nitrogens is 2. The Balaban J connectivity index is 2.43. The van der Waals surface area contributed by atoms with Crippen molar-refractivity contribution in [3.05, 3.63) is 39.5 Å². The first-order valence-corrected chi connectivity index (χ1v) is 6.34. The molecule has 0 fully saturated rings. The second-order valence-electron chi connectivity index (χ2n) is 3.96. The summed E-state index contributed by atoms with van der Waals surface area (Å²) in [6.07, 6.45) is 0.769. The van der Waals surface area contributed by atoms with Crippen LogP contribution >= 0.6 is 27.5 Å². The van der Waals surface area contributed by atoms with Crippen LogP contribution in [-0.4, -0.2) is 14.9 Å². The fourth-order valence-electron chi connectivity index (χ4n) is 1.63. The van der Waals surface area contributed by atoms with Gasteiger partial charge < -0.3 is 9.52 Å². The number of aliphatic hydroxyl groups is 1. The molecular weight excluding hydrogens is 307 g/mol. The van der Waals surface area contributed by atoms with Crippen molar-refractivity contribution in [1.29, 1.82) is 0 Å². The van der Waals surface area contributed by atoms with Gasteiger partial charge in [-0.3, -0.25) is 4.68 Å². The van der Waals surface area contributed by atoms with Gasteiger partial charge in [0.1, 0.15) is 5.76 Å².